The third-order valence-corrected chi connectivity index (χ3v) is 4.28. The largest absolute Gasteiger partial charge is 0.475 e. The van der Waals surface area contributed by atoms with Crippen LogP contribution in [-0.2, 0) is 0 Å². The van der Waals surface area contributed by atoms with Gasteiger partial charge >= 0.3 is 5.97 Å². The highest BCUT2D eigenvalue weighted by atomic mass is 16.4. The predicted octanol–water partition coefficient (Wildman–Crippen LogP) is 2.83. The van der Waals surface area contributed by atoms with Crippen LogP contribution >= 0.6 is 0 Å². The summed E-state index contributed by atoms with van der Waals surface area (Å²) in [5, 5.41) is 8.91. The van der Waals surface area contributed by atoms with Crippen molar-refractivity contribution < 1.29 is 14.3 Å². The number of carbonyl (C=O) groups is 1. The van der Waals surface area contributed by atoms with E-state index in [2.05, 4.69) is 32.7 Å². The zero-order valence-corrected chi connectivity index (χ0v) is 10.3. The molecule has 4 heteroatoms. The van der Waals surface area contributed by atoms with E-state index in [1.165, 1.54) is 0 Å². The fourth-order valence-electron chi connectivity index (χ4n) is 2.55. The quantitative estimate of drug-likeness (QED) is 0.837. The van der Waals surface area contributed by atoms with Crippen LogP contribution in [0.5, 0.6) is 0 Å². The molecule has 0 aliphatic heterocycles. The highest BCUT2D eigenvalue weighted by Crippen LogP contribution is 2.73. The van der Waals surface area contributed by atoms with Gasteiger partial charge in [-0.05, 0) is 17.8 Å². The maximum Gasteiger partial charge on any atom is 0.373 e. The molecule has 1 heterocycles. The molecule has 0 radical (unpaired) electrons. The molecule has 1 aliphatic rings. The smallest absolute Gasteiger partial charge is 0.373 e. The van der Waals surface area contributed by atoms with Crippen molar-refractivity contribution in [2.75, 3.05) is 0 Å². The second kappa shape index (κ2) is 2.87. The SMILES string of the molecule is Cc1nc(C2C(C)(C)C2(C)C)oc1C(=O)O. The first-order chi connectivity index (χ1) is 7.19. The van der Waals surface area contributed by atoms with Crippen LogP contribution in [0.4, 0.5) is 0 Å². The zero-order valence-electron chi connectivity index (χ0n) is 10.3. The molecule has 2 rings (SSSR count). The first-order valence-corrected chi connectivity index (χ1v) is 5.40. The average Bonchev–Trinajstić information content (AvgIpc) is 2.42. The Kier molecular flexibility index (Phi) is 2.00. The maximum absolute atomic E-state index is 10.9. The van der Waals surface area contributed by atoms with Crippen LogP contribution in [0.15, 0.2) is 4.42 Å². The standard InChI is InChI=1S/C12H17NO3/c1-6-7(10(14)15)16-9(13-6)8-11(2,3)12(8,4)5/h8H,1-5H3,(H,14,15). The van der Waals surface area contributed by atoms with E-state index >= 15 is 0 Å². The van der Waals surface area contributed by atoms with Crippen LogP contribution in [-0.4, -0.2) is 16.1 Å². The van der Waals surface area contributed by atoms with E-state index in [1.807, 2.05) is 0 Å². The topological polar surface area (TPSA) is 63.3 Å². The van der Waals surface area contributed by atoms with Gasteiger partial charge in [0.2, 0.25) is 5.76 Å². The third kappa shape index (κ3) is 1.22. The fourth-order valence-corrected chi connectivity index (χ4v) is 2.55. The summed E-state index contributed by atoms with van der Waals surface area (Å²) in [5.41, 5.74) is 0.682. The van der Waals surface area contributed by atoms with Crippen molar-refractivity contribution in [3.05, 3.63) is 17.3 Å². The van der Waals surface area contributed by atoms with Crippen molar-refractivity contribution in [1.82, 2.24) is 4.98 Å². The minimum Gasteiger partial charge on any atom is -0.475 e. The van der Waals surface area contributed by atoms with Gasteiger partial charge in [0.05, 0.1) is 5.69 Å². The summed E-state index contributed by atoms with van der Waals surface area (Å²) in [5.74, 6) is -0.322. The Bertz CT molecular complexity index is 443. The molecule has 0 spiro atoms. The van der Waals surface area contributed by atoms with Crippen molar-refractivity contribution in [2.45, 2.75) is 40.5 Å². The molecule has 0 amide bonds. The lowest BCUT2D eigenvalue weighted by molar-refractivity contribution is 0.0659. The van der Waals surface area contributed by atoms with Crippen molar-refractivity contribution >= 4 is 5.97 Å². The number of aromatic carboxylic acids is 1. The summed E-state index contributed by atoms with van der Waals surface area (Å²) < 4.78 is 5.36. The summed E-state index contributed by atoms with van der Waals surface area (Å²) in [6.45, 7) is 10.3. The highest BCUT2D eigenvalue weighted by molar-refractivity contribution is 5.85. The van der Waals surface area contributed by atoms with E-state index in [4.69, 9.17) is 9.52 Å². The summed E-state index contributed by atoms with van der Waals surface area (Å²) >= 11 is 0. The number of oxazole rings is 1. The lowest BCUT2D eigenvalue weighted by Gasteiger charge is -2.03. The lowest BCUT2D eigenvalue weighted by atomic mass is 10.0. The monoisotopic (exact) mass is 223 g/mol. The van der Waals surface area contributed by atoms with Gasteiger partial charge in [0.25, 0.3) is 0 Å². The third-order valence-electron chi connectivity index (χ3n) is 4.28. The predicted molar refractivity (Wildman–Crippen MR) is 58.5 cm³/mol. The van der Waals surface area contributed by atoms with E-state index in [1.54, 1.807) is 6.92 Å². The van der Waals surface area contributed by atoms with Crippen LogP contribution in [0.2, 0.25) is 0 Å². The summed E-state index contributed by atoms with van der Waals surface area (Å²) in [7, 11) is 0. The Balaban J connectivity index is 2.39. The van der Waals surface area contributed by atoms with Crippen LogP contribution < -0.4 is 0 Å². The second-order valence-corrected chi connectivity index (χ2v) is 5.65. The molecule has 0 unspecified atom stereocenters. The molecular weight excluding hydrogens is 206 g/mol. The van der Waals surface area contributed by atoms with Gasteiger partial charge in [0, 0.05) is 5.92 Å². The van der Waals surface area contributed by atoms with Crippen molar-refractivity contribution in [3.8, 4) is 0 Å². The van der Waals surface area contributed by atoms with Crippen molar-refractivity contribution in [3.63, 3.8) is 0 Å². The van der Waals surface area contributed by atoms with Gasteiger partial charge in [-0.2, -0.15) is 0 Å². The number of nitrogens with zero attached hydrogens (tertiary/aromatic N) is 1. The molecule has 88 valence electrons. The first-order valence-electron chi connectivity index (χ1n) is 5.40. The molecule has 1 aromatic rings. The molecule has 1 N–H and O–H groups in total. The lowest BCUT2D eigenvalue weighted by Crippen LogP contribution is -1.95. The van der Waals surface area contributed by atoms with Gasteiger partial charge in [0.15, 0.2) is 5.89 Å². The summed E-state index contributed by atoms with van der Waals surface area (Å²) in [4.78, 5) is 15.1. The molecule has 1 aliphatic carbocycles. The van der Waals surface area contributed by atoms with Gasteiger partial charge in [-0.15, -0.1) is 0 Å². The van der Waals surface area contributed by atoms with E-state index in [-0.39, 0.29) is 22.5 Å². The molecular formula is C12H17NO3. The highest BCUT2D eigenvalue weighted by Gasteiger charge is 2.67. The van der Waals surface area contributed by atoms with E-state index < -0.39 is 5.97 Å². The van der Waals surface area contributed by atoms with E-state index in [9.17, 15) is 4.79 Å². The number of aromatic nitrogens is 1. The van der Waals surface area contributed by atoms with Gasteiger partial charge in [-0.1, -0.05) is 27.7 Å². The van der Waals surface area contributed by atoms with Gasteiger partial charge in [-0.3, -0.25) is 0 Å². The summed E-state index contributed by atoms with van der Waals surface area (Å²) in [6.07, 6.45) is 0. The molecule has 0 bridgehead atoms. The minimum absolute atomic E-state index is 0.0338. The van der Waals surface area contributed by atoms with Crippen LogP contribution in [0.25, 0.3) is 0 Å². The molecule has 16 heavy (non-hydrogen) atoms. The van der Waals surface area contributed by atoms with Gasteiger partial charge < -0.3 is 9.52 Å². The Morgan fingerprint density at radius 2 is 1.81 bits per heavy atom. The van der Waals surface area contributed by atoms with Crippen LogP contribution in [0.3, 0.4) is 0 Å². The molecule has 1 aromatic heterocycles. The van der Waals surface area contributed by atoms with Gasteiger partial charge in [-0.25, -0.2) is 9.78 Å². The minimum atomic E-state index is -1.05. The molecule has 1 fully saturated rings. The Morgan fingerprint density at radius 3 is 2.12 bits per heavy atom. The number of hydrogen-bond donors (Lipinski definition) is 1. The number of rotatable bonds is 2. The summed E-state index contributed by atoms with van der Waals surface area (Å²) in [6, 6.07) is 0. The van der Waals surface area contributed by atoms with Gasteiger partial charge in [0.1, 0.15) is 0 Å². The zero-order chi connectivity index (χ0) is 12.3. The fraction of sp³-hybridized carbons (Fsp3) is 0.667. The van der Waals surface area contributed by atoms with Crippen molar-refractivity contribution in [1.29, 1.82) is 0 Å². The van der Waals surface area contributed by atoms with Crippen molar-refractivity contribution in [2.24, 2.45) is 10.8 Å². The van der Waals surface area contributed by atoms with E-state index in [0.717, 1.165) is 0 Å². The molecule has 4 nitrogen and oxygen atoms in total. The second-order valence-electron chi connectivity index (χ2n) is 5.65. The molecule has 0 atom stereocenters. The Hall–Kier alpha value is -1.32. The normalized spacial score (nSPS) is 22.1. The number of aryl methyl sites for hydroxylation is 1. The Morgan fingerprint density at radius 1 is 1.31 bits per heavy atom. The van der Waals surface area contributed by atoms with Crippen LogP contribution in [0.1, 0.15) is 55.8 Å². The maximum atomic E-state index is 10.9. The van der Waals surface area contributed by atoms with Crippen LogP contribution in [0, 0.1) is 17.8 Å². The molecule has 1 saturated carbocycles. The Labute approximate surface area is 94.7 Å². The molecule has 0 aromatic carbocycles. The first kappa shape index (κ1) is 11.2. The average molecular weight is 223 g/mol. The number of carboxylic acids is 1. The number of carboxylic acid groups (broad SMARTS) is 1. The molecule has 0 saturated heterocycles. The van der Waals surface area contributed by atoms with E-state index in [0.29, 0.717) is 11.6 Å². The number of hydrogen-bond acceptors (Lipinski definition) is 3.